The van der Waals surface area contributed by atoms with Crippen LogP contribution in [0.5, 0.6) is 0 Å². The molecule has 0 aromatic carbocycles. The van der Waals surface area contributed by atoms with Gasteiger partial charge in [-0.3, -0.25) is 14.9 Å². The first-order valence-electron chi connectivity index (χ1n) is 6.32. The lowest BCUT2D eigenvalue weighted by Crippen LogP contribution is -2.34. The predicted molar refractivity (Wildman–Crippen MR) is 71.3 cm³/mol. The van der Waals surface area contributed by atoms with E-state index in [9.17, 15) is 20.0 Å². The van der Waals surface area contributed by atoms with Crippen molar-refractivity contribution < 1.29 is 14.8 Å². The molecule has 0 spiro atoms. The monoisotopic (exact) mass is 280 g/mol. The number of carbonyl (C=O) groups excluding carboxylic acids is 1. The lowest BCUT2D eigenvalue weighted by molar-refractivity contribution is -0.385. The second-order valence-electron chi connectivity index (χ2n) is 5.00. The highest BCUT2D eigenvalue weighted by molar-refractivity contribution is 5.98. The van der Waals surface area contributed by atoms with Crippen molar-refractivity contribution in [2.75, 3.05) is 11.9 Å². The number of pyridine rings is 1. The molecule has 20 heavy (non-hydrogen) atoms. The van der Waals surface area contributed by atoms with Crippen molar-refractivity contribution in [1.29, 1.82) is 0 Å². The van der Waals surface area contributed by atoms with Crippen LogP contribution in [0.25, 0.3) is 0 Å². The van der Waals surface area contributed by atoms with Crippen molar-refractivity contribution in [2.45, 2.75) is 31.3 Å². The summed E-state index contributed by atoms with van der Waals surface area (Å²) in [5, 5.41) is 23.7. The molecule has 1 amide bonds. The van der Waals surface area contributed by atoms with Crippen LogP contribution in [-0.4, -0.2) is 33.1 Å². The molecule has 0 saturated heterocycles. The van der Waals surface area contributed by atoms with Gasteiger partial charge in [-0.05, 0) is 12.8 Å². The van der Waals surface area contributed by atoms with Gasteiger partial charge in [-0.2, -0.15) is 0 Å². The molecule has 1 saturated carbocycles. The molecule has 0 atom stereocenters. The minimum Gasteiger partial charge on any atom is -0.388 e. The van der Waals surface area contributed by atoms with Gasteiger partial charge in [0.2, 0.25) is 0 Å². The molecule has 8 nitrogen and oxygen atoms in total. The number of hydrogen-bond acceptors (Lipinski definition) is 6. The summed E-state index contributed by atoms with van der Waals surface area (Å²) in [6.45, 7) is 0.234. The number of nitrogens with one attached hydrogen (secondary N) is 1. The summed E-state index contributed by atoms with van der Waals surface area (Å²) in [4.78, 5) is 25.2. The van der Waals surface area contributed by atoms with Crippen molar-refractivity contribution in [3.63, 3.8) is 0 Å². The Morgan fingerprint density at radius 3 is 2.75 bits per heavy atom. The molecule has 0 radical (unpaired) electrons. The van der Waals surface area contributed by atoms with Gasteiger partial charge in [-0.15, -0.1) is 0 Å². The SMILES string of the molecule is NC(=O)c1cc([N+](=O)[O-])cnc1NCC1(O)CCCC1. The molecule has 1 fully saturated rings. The van der Waals surface area contributed by atoms with Crippen LogP contribution >= 0.6 is 0 Å². The lowest BCUT2D eigenvalue weighted by atomic mass is 10.0. The average molecular weight is 280 g/mol. The topological polar surface area (TPSA) is 131 Å². The van der Waals surface area contributed by atoms with Gasteiger partial charge in [0.15, 0.2) is 0 Å². The number of nitrogens with zero attached hydrogens (tertiary/aromatic N) is 2. The van der Waals surface area contributed by atoms with Crippen molar-refractivity contribution in [3.8, 4) is 0 Å². The predicted octanol–water partition coefficient (Wildman–Crippen LogP) is 0.806. The summed E-state index contributed by atoms with van der Waals surface area (Å²) < 4.78 is 0. The molecule has 1 heterocycles. The first-order chi connectivity index (χ1) is 9.41. The van der Waals surface area contributed by atoms with Crippen LogP contribution in [0.2, 0.25) is 0 Å². The number of aliphatic hydroxyl groups is 1. The summed E-state index contributed by atoms with van der Waals surface area (Å²) in [7, 11) is 0. The molecule has 4 N–H and O–H groups in total. The minimum atomic E-state index is -0.821. The molecule has 1 aliphatic carbocycles. The Balaban J connectivity index is 2.18. The Labute approximate surface area is 115 Å². The van der Waals surface area contributed by atoms with Crippen LogP contribution in [0.4, 0.5) is 11.5 Å². The van der Waals surface area contributed by atoms with E-state index < -0.39 is 16.4 Å². The van der Waals surface area contributed by atoms with Crippen LogP contribution < -0.4 is 11.1 Å². The maximum Gasteiger partial charge on any atom is 0.288 e. The largest absolute Gasteiger partial charge is 0.388 e. The van der Waals surface area contributed by atoms with Crippen molar-refractivity contribution in [1.82, 2.24) is 4.98 Å². The molecular formula is C12H16N4O4. The van der Waals surface area contributed by atoms with Crippen LogP contribution in [0.15, 0.2) is 12.3 Å². The number of rotatable bonds is 5. The van der Waals surface area contributed by atoms with E-state index in [-0.39, 0.29) is 23.6 Å². The van der Waals surface area contributed by atoms with E-state index in [1.165, 1.54) is 0 Å². The standard InChI is InChI=1S/C12H16N4O4/c13-10(17)9-5-8(16(19)20)6-14-11(9)15-7-12(18)3-1-2-4-12/h5-6,18H,1-4,7H2,(H2,13,17)(H,14,15). The summed E-state index contributed by atoms with van der Waals surface area (Å²) in [5.41, 5.74) is 4.02. The zero-order valence-electron chi connectivity index (χ0n) is 10.8. The van der Waals surface area contributed by atoms with E-state index in [1.54, 1.807) is 0 Å². The number of anilines is 1. The summed E-state index contributed by atoms with van der Waals surface area (Å²) >= 11 is 0. The number of carbonyl (C=O) groups is 1. The molecule has 1 aromatic heterocycles. The van der Waals surface area contributed by atoms with E-state index in [1.807, 2.05) is 0 Å². The van der Waals surface area contributed by atoms with Crippen molar-refractivity contribution >= 4 is 17.4 Å². The smallest absolute Gasteiger partial charge is 0.288 e. The third-order valence-corrected chi connectivity index (χ3v) is 3.47. The molecule has 0 unspecified atom stereocenters. The van der Waals surface area contributed by atoms with Gasteiger partial charge in [0.25, 0.3) is 11.6 Å². The van der Waals surface area contributed by atoms with E-state index in [0.29, 0.717) is 12.8 Å². The van der Waals surface area contributed by atoms with Gasteiger partial charge in [0.1, 0.15) is 12.0 Å². The highest BCUT2D eigenvalue weighted by Crippen LogP contribution is 2.30. The number of hydrogen-bond donors (Lipinski definition) is 3. The van der Waals surface area contributed by atoms with Gasteiger partial charge in [-0.25, -0.2) is 4.98 Å². The Kier molecular flexibility index (Phi) is 3.84. The normalized spacial score (nSPS) is 16.9. The third kappa shape index (κ3) is 3.02. The fourth-order valence-electron chi connectivity index (χ4n) is 2.34. The Morgan fingerprint density at radius 2 is 2.20 bits per heavy atom. The zero-order chi connectivity index (χ0) is 14.8. The quantitative estimate of drug-likeness (QED) is 0.540. The Morgan fingerprint density at radius 1 is 1.55 bits per heavy atom. The molecule has 8 heteroatoms. The van der Waals surface area contributed by atoms with Crippen LogP contribution in [0, 0.1) is 10.1 Å². The van der Waals surface area contributed by atoms with Crippen molar-refractivity contribution in [3.05, 3.63) is 27.9 Å². The molecule has 0 bridgehead atoms. The molecular weight excluding hydrogens is 264 g/mol. The highest BCUT2D eigenvalue weighted by atomic mass is 16.6. The third-order valence-electron chi connectivity index (χ3n) is 3.47. The van der Waals surface area contributed by atoms with Gasteiger partial charge in [-0.1, -0.05) is 12.8 Å². The maximum absolute atomic E-state index is 11.3. The van der Waals surface area contributed by atoms with Gasteiger partial charge in [0.05, 0.1) is 16.1 Å². The van der Waals surface area contributed by atoms with Crippen LogP contribution in [0.3, 0.4) is 0 Å². The highest BCUT2D eigenvalue weighted by Gasteiger charge is 2.31. The summed E-state index contributed by atoms with van der Waals surface area (Å²) in [5.74, 6) is -0.648. The number of aromatic nitrogens is 1. The minimum absolute atomic E-state index is 0.0548. The summed E-state index contributed by atoms with van der Waals surface area (Å²) in [6.07, 6.45) is 4.31. The first kappa shape index (κ1) is 14.2. The molecule has 2 rings (SSSR count). The van der Waals surface area contributed by atoms with Crippen LogP contribution in [-0.2, 0) is 0 Å². The summed E-state index contributed by atoms with van der Waals surface area (Å²) in [6, 6.07) is 1.08. The van der Waals surface area contributed by atoms with E-state index >= 15 is 0 Å². The van der Waals surface area contributed by atoms with E-state index in [4.69, 9.17) is 5.73 Å². The maximum atomic E-state index is 11.3. The van der Waals surface area contributed by atoms with Crippen LogP contribution in [0.1, 0.15) is 36.0 Å². The van der Waals surface area contributed by atoms with Gasteiger partial charge >= 0.3 is 0 Å². The molecule has 1 aliphatic rings. The molecule has 1 aromatic rings. The van der Waals surface area contributed by atoms with Gasteiger partial charge < -0.3 is 16.2 Å². The van der Waals surface area contributed by atoms with Crippen molar-refractivity contribution in [2.24, 2.45) is 5.73 Å². The van der Waals surface area contributed by atoms with Gasteiger partial charge in [0, 0.05) is 12.6 Å². The second-order valence-corrected chi connectivity index (χ2v) is 5.00. The molecule has 0 aliphatic heterocycles. The fourth-order valence-corrected chi connectivity index (χ4v) is 2.34. The number of nitro groups is 1. The van der Waals surface area contributed by atoms with E-state index in [0.717, 1.165) is 25.1 Å². The number of nitrogens with two attached hydrogens (primary N) is 1. The zero-order valence-corrected chi connectivity index (χ0v) is 10.8. The second kappa shape index (κ2) is 5.41. The van der Waals surface area contributed by atoms with E-state index in [2.05, 4.69) is 10.3 Å². The molecule has 108 valence electrons. The Hall–Kier alpha value is -2.22. The first-order valence-corrected chi connectivity index (χ1v) is 6.32. The number of amides is 1. The average Bonchev–Trinajstić information content (AvgIpc) is 2.83. The lowest BCUT2D eigenvalue weighted by Gasteiger charge is -2.23. The fraction of sp³-hybridized carbons (Fsp3) is 0.500. The number of primary amides is 1. The Bertz CT molecular complexity index is 540.